The maximum atomic E-state index is 6.57. The molecule has 1 aromatic carbocycles. The summed E-state index contributed by atoms with van der Waals surface area (Å²) in [4.78, 5) is 0. The molecule has 0 aromatic heterocycles. The van der Waals surface area contributed by atoms with Gasteiger partial charge in [-0.25, -0.2) is 0 Å². The normalized spacial score (nSPS) is 23.6. The monoisotopic (exact) mass is 293 g/mol. The minimum absolute atomic E-state index is 0.0666. The Labute approximate surface area is 112 Å². The predicted octanol–water partition coefficient (Wildman–Crippen LogP) is 4.44. The minimum Gasteiger partial charge on any atom is -0.321 e. The number of hydrogen-bond donors (Lipinski definition) is 1. The molecule has 0 amide bonds. The van der Waals surface area contributed by atoms with E-state index >= 15 is 0 Å². The van der Waals surface area contributed by atoms with Crippen LogP contribution in [0.15, 0.2) is 22.7 Å². The molecule has 0 saturated heterocycles. The average molecular weight is 294 g/mol. The summed E-state index contributed by atoms with van der Waals surface area (Å²) in [6.07, 6.45) is 8.89. The molecule has 17 heavy (non-hydrogen) atoms. The molecule has 1 nitrogen and oxygen atoms in total. The van der Waals surface area contributed by atoms with Crippen molar-refractivity contribution in [3.05, 3.63) is 33.8 Å². The van der Waals surface area contributed by atoms with E-state index < -0.39 is 0 Å². The predicted molar refractivity (Wildman–Crippen MR) is 75.1 cm³/mol. The first-order valence-electron chi connectivity index (χ1n) is 6.78. The van der Waals surface area contributed by atoms with Crippen LogP contribution >= 0.6 is 15.9 Å². The van der Waals surface area contributed by atoms with Gasteiger partial charge in [-0.15, -0.1) is 0 Å². The molecule has 2 N–H and O–H groups in total. The summed E-state index contributed by atoms with van der Waals surface area (Å²) >= 11 is 3.72. The van der Waals surface area contributed by atoms with Crippen molar-refractivity contribution in [1.82, 2.24) is 0 Å². The van der Waals surface area contributed by atoms with Gasteiger partial charge < -0.3 is 5.73 Å². The van der Waals surface area contributed by atoms with Crippen molar-refractivity contribution in [1.29, 1.82) is 0 Å². The highest BCUT2D eigenvalue weighted by Crippen LogP contribution is 2.45. The molecule has 92 valence electrons. The Morgan fingerprint density at radius 3 is 2.41 bits per heavy atom. The van der Waals surface area contributed by atoms with Gasteiger partial charge in [0.15, 0.2) is 0 Å². The topological polar surface area (TPSA) is 26.0 Å². The van der Waals surface area contributed by atoms with Gasteiger partial charge in [-0.3, -0.25) is 0 Å². The average Bonchev–Trinajstić information content (AvgIpc) is 3.14. The first-order chi connectivity index (χ1) is 8.19. The maximum absolute atomic E-state index is 6.57. The van der Waals surface area contributed by atoms with Crippen molar-refractivity contribution in [3.8, 4) is 0 Å². The smallest absolute Gasteiger partial charge is 0.0410 e. The zero-order chi connectivity index (χ0) is 11.9. The molecule has 0 unspecified atom stereocenters. The largest absolute Gasteiger partial charge is 0.321 e. The number of halogens is 1. The summed E-state index contributed by atoms with van der Waals surface area (Å²) in [5.41, 5.74) is 9.31. The fourth-order valence-corrected chi connectivity index (χ4v) is 3.74. The molecule has 0 bridgehead atoms. The molecule has 2 aliphatic rings. The third-order valence-corrected chi connectivity index (χ3v) is 5.03. The number of benzene rings is 1. The summed E-state index contributed by atoms with van der Waals surface area (Å²) in [5.74, 6) is 0.804. The molecule has 2 fully saturated rings. The zero-order valence-corrected chi connectivity index (χ0v) is 11.8. The molecule has 0 spiro atoms. The summed E-state index contributed by atoms with van der Waals surface area (Å²) in [6, 6.07) is 6.84. The van der Waals surface area contributed by atoms with Gasteiger partial charge in [-0.2, -0.15) is 0 Å². The van der Waals surface area contributed by atoms with Gasteiger partial charge in [0.05, 0.1) is 0 Å². The summed E-state index contributed by atoms with van der Waals surface area (Å²) in [5, 5.41) is 0. The molecular formula is C15H20BrN. The van der Waals surface area contributed by atoms with Gasteiger partial charge in [-0.05, 0) is 48.8 Å². The third kappa shape index (κ3) is 2.30. The van der Waals surface area contributed by atoms with Crippen LogP contribution in [-0.4, -0.2) is 0 Å². The highest BCUT2D eigenvalue weighted by Gasteiger charge is 2.31. The van der Waals surface area contributed by atoms with Crippen LogP contribution in [0.4, 0.5) is 0 Å². The molecule has 2 saturated carbocycles. The summed E-state index contributed by atoms with van der Waals surface area (Å²) in [7, 11) is 0. The van der Waals surface area contributed by atoms with Crippen molar-refractivity contribution < 1.29 is 0 Å². The molecule has 2 aliphatic carbocycles. The van der Waals surface area contributed by atoms with E-state index in [1.165, 1.54) is 47.7 Å². The van der Waals surface area contributed by atoms with Crippen LogP contribution in [0.5, 0.6) is 0 Å². The second-order valence-electron chi connectivity index (χ2n) is 5.73. The Balaban J connectivity index is 1.89. The second kappa shape index (κ2) is 4.40. The van der Waals surface area contributed by atoms with Crippen LogP contribution < -0.4 is 5.73 Å². The fraction of sp³-hybridized carbons (Fsp3) is 0.600. The van der Waals surface area contributed by atoms with Gasteiger partial charge in [0.1, 0.15) is 0 Å². The molecule has 3 rings (SSSR count). The first-order valence-corrected chi connectivity index (χ1v) is 7.57. The molecule has 0 radical (unpaired) electrons. The molecule has 0 atom stereocenters. The van der Waals surface area contributed by atoms with Crippen LogP contribution in [0, 0.1) is 0 Å². The SMILES string of the molecule is NC1(c2ccc(C3CC3)c(Br)c2)CCCCC1. The van der Waals surface area contributed by atoms with Crippen LogP contribution in [-0.2, 0) is 5.54 Å². The van der Waals surface area contributed by atoms with E-state index in [9.17, 15) is 0 Å². The first kappa shape index (κ1) is 11.7. The van der Waals surface area contributed by atoms with Gasteiger partial charge in [0.2, 0.25) is 0 Å². The quantitative estimate of drug-likeness (QED) is 0.857. The van der Waals surface area contributed by atoms with Crippen LogP contribution in [0.1, 0.15) is 62.0 Å². The molecular weight excluding hydrogens is 274 g/mol. The lowest BCUT2D eigenvalue weighted by atomic mass is 9.77. The van der Waals surface area contributed by atoms with Crippen molar-refractivity contribution in [2.45, 2.75) is 56.4 Å². The van der Waals surface area contributed by atoms with E-state index in [1.807, 2.05) is 0 Å². The Kier molecular flexibility index (Phi) is 3.04. The Hall–Kier alpha value is -0.340. The van der Waals surface area contributed by atoms with E-state index in [4.69, 9.17) is 5.73 Å². The zero-order valence-electron chi connectivity index (χ0n) is 10.2. The standard InChI is InChI=1S/C15H20BrN/c16-14-10-12(6-7-13(14)11-4-5-11)15(17)8-2-1-3-9-15/h6-7,10-11H,1-5,8-9,17H2. The van der Waals surface area contributed by atoms with Crippen LogP contribution in [0.3, 0.4) is 0 Å². The van der Waals surface area contributed by atoms with Crippen LogP contribution in [0.25, 0.3) is 0 Å². The Morgan fingerprint density at radius 1 is 1.12 bits per heavy atom. The van der Waals surface area contributed by atoms with Crippen molar-refractivity contribution >= 4 is 15.9 Å². The second-order valence-corrected chi connectivity index (χ2v) is 6.58. The molecule has 2 heteroatoms. The molecule has 0 heterocycles. The van der Waals surface area contributed by atoms with Crippen LogP contribution in [0.2, 0.25) is 0 Å². The maximum Gasteiger partial charge on any atom is 0.0410 e. The lowest BCUT2D eigenvalue weighted by Gasteiger charge is -2.34. The molecule has 0 aliphatic heterocycles. The highest BCUT2D eigenvalue weighted by atomic mass is 79.9. The summed E-state index contributed by atoms with van der Waals surface area (Å²) < 4.78 is 1.27. The Morgan fingerprint density at radius 2 is 1.82 bits per heavy atom. The third-order valence-electron chi connectivity index (χ3n) is 4.34. The molecule has 1 aromatic rings. The van der Waals surface area contributed by atoms with Gasteiger partial charge >= 0.3 is 0 Å². The lowest BCUT2D eigenvalue weighted by Crippen LogP contribution is -2.38. The van der Waals surface area contributed by atoms with Crippen molar-refractivity contribution in [2.24, 2.45) is 5.73 Å². The van der Waals surface area contributed by atoms with Gasteiger partial charge in [0.25, 0.3) is 0 Å². The summed E-state index contributed by atoms with van der Waals surface area (Å²) in [6.45, 7) is 0. The van der Waals surface area contributed by atoms with E-state index in [0.29, 0.717) is 0 Å². The number of nitrogens with two attached hydrogens (primary N) is 1. The number of rotatable bonds is 2. The minimum atomic E-state index is -0.0666. The van der Waals surface area contributed by atoms with Crippen molar-refractivity contribution in [2.75, 3.05) is 0 Å². The van der Waals surface area contributed by atoms with E-state index in [-0.39, 0.29) is 5.54 Å². The van der Waals surface area contributed by atoms with E-state index in [1.54, 1.807) is 0 Å². The van der Waals surface area contributed by atoms with Crippen molar-refractivity contribution in [3.63, 3.8) is 0 Å². The van der Waals surface area contributed by atoms with E-state index in [2.05, 4.69) is 34.1 Å². The van der Waals surface area contributed by atoms with Gasteiger partial charge in [-0.1, -0.05) is 47.3 Å². The van der Waals surface area contributed by atoms with E-state index in [0.717, 1.165) is 18.8 Å². The highest BCUT2D eigenvalue weighted by molar-refractivity contribution is 9.10. The Bertz CT molecular complexity index is 417. The van der Waals surface area contributed by atoms with Gasteiger partial charge in [0, 0.05) is 10.0 Å². The fourth-order valence-electron chi connectivity index (χ4n) is 3.03. The number of hydrogen-bond acceptors (Lipinski definition) is 1. The lowest BCUT2D eigenvalue weighted by molar-refractivity contribution is 0.302.